The highest BCUT2D eigenvalue weighted by molar-refractivity contribution is 7.07. The molecular weight excluding hydrogens is 280 g/mol. The molecule has 0 nitrogen and oxygen atoms in total. The topological polar surface area (TPSA) is 0 Å². The van der Waals surface area contributed by atoms with Crippen molar-refractivity contribution in [1.29, 1.82) is 0 Å². The first kappa shape index (κ1) is 14.4. The minimum absolute atomic E-state index is 1.23. The van der Waals surface area contributed by atoms with Crippen molar-refractivity contribution in [3.05, 3.63) is 84.9 Å². The molecule has 0 spiro atoms. The molecular formula is C21H18Si. The van der Waals surface area contributed by atoms with Crippen molar-refractivity contribution in [1.82, 2.24) is 0 Å². The van der Waals surface area contributed by atoms with E-state index >= 15 is 0 Å². The fourth-order valence-electron chi connectivity index (χ4n) is 2.73. The summed E-state index contributed by atoms with van der Waals surface area (Å²) in [6.07, 6.45) is 5.93. The Bertz CT molecular complexity index is 783. The molecule has 0 heterocycles. The Morgan fingerprint density at radius 2 is 1.09 bits per heavy atom. The van der Waals surface area contributed by atoms with Crippen molar-refractivity contribution in [3.63, 3.8) is 0 Å². The quantitative estimate of drug-likeness (QED) is 0.511. The van der Waals surface area contributed by atoms with Gasteiger partial charge in [-0.1, -0.05) is 91.5 Å². The van der Waals surface area contributed by atoms with Crippen LogP contribution in [0.3, 0.4) is 0 Å². The Hall–Kier alpha value is -2.56. The van der Waals surface area contributed by atoms with Crippen LogP contribution in [0.4, 0.5) is 0 Å². The number of terminal acetylenes is 1. The summed E-state index contributed by atoms with van der Waals surface area (Å²) in [4.78, 5) is 0. The fourth-order valence-corrected chi connectivity index (χ4v) is 5.09. The summed E-state index contributed by atoms with van der Waals surface area (Å²) in [5.41, 5.74) is 5.57. The SMILES string of the molecule is C#C[Si](C)(c1ccccc1)c1ccc(-c2ccccc2)cc1. The summed E-state index contributed by atoms with van der Waals surface area (Å²) in [5, 5.41) is 2.56. The lowest BCUT2D eigenvalue weighted by Crippen LogP contribution is -2.54. The highest BCUT2D eigenvalue weighted by atomic mass is 28.3. The largest absolute Gasteiger partial charge is 0.195 e. The first-order valence-electron chi connectivity index (χ1n) is 7.43. The molecule has 0 fully saturated rings. The van der Waals surface area contributed by atoms with Crippen molar-refractivity contribution in [2.75, 3.05) is 0 Å². The van der Waals surface area contributed by atoms with Crippen molar-refractivity contribution in [2.24, 2.45) is 0 Å². The molecule has 0 aliphatic heterocycles. The lowest BCUT2D eigenvalue weighted by Gasteiger charge is -2.22. The molecule has 106 valence electrons. The minimum atomic E-state index is -2.07. The van der Waals surface area contributed by atoms with E-state index in [2.05, 4.69) is 84.9 Å². The second-order valence-electron chi connectivity index (χ2n) is 5.58. The van der Waals surface area contributed by atoms with E-state index in [9.17, 15) is 0 Å². The van der Waals surface area contributed by atoms with Gasteiger partial charge in [0.15, 0.2) is 8.07 Å². The van der Waals surface area contributed by atoms with Crippen LogP contribution in [0.2, 0.25) is 6.55 Å². The average Bonchev–Trinajstić information content (AvgIpc) is 2.63. The molecule has 1 unspecified atom stereocenters. The zero-order chi connectivity index (χ0) is 15.4. The monoisotopic (exact) mass is 298 g/mol. The number of rotatable bonds is 3. The maximum absolute atomic E-state index is 5.93. The van der Waals surface area contributed by atoms with Crippen LogP contribution in [0, 0.1) is 12.0 Å². The summed E-state index contributed by atoms with van der Waals surface area (Å²) in [7, 11) is -2.07. The maximum Gasteiger partial charge on any atom is 0.195 e. The van der Waals surface area contributed by atoms with E-state index in [1.807, 2.05) is 12.1 Å². The van der Waals surface area contributed by atoms with Gasteiger partial charge in [0.05, 0.1) is 0 Å². The lowest BCUT2D eigenvalue weighted by atomic mass is 10.1. The summed E-state index contributed by atoms with van der Waals surface area (Å²) < 4.78 is 0. The van der Waals surface area contributed by atoms with Crippen LogP contribution in [-0.4, -0.2) is 8.07 Å². The summed E-state index contributed by atoms with van der Waals surface area (Å²) in [6.45, 7) is 2.24. The van der Waals surface area contributed by atoms with E-state index in [1.54, 1.807) is 0 Å². The van der Waals surface area contributed by atoms with Crippen LogP contribution in [0.25, 0.3) is 11.1 Å². The van der Waals surface area contributed by atoms with E-state index in [1.165, 1.54) is 21.5 Å². The van der Waals surface area contributed by atoms with Crippen LogP contribution in [0.15, 0.2) is 84.9 Å². The molecule has 22 heavy (non-hydrogen) atoms. The van der Waals surface area contributed by atoms with Gasteiger partial charge in [-0.15, -0.1) is 12.0 Å². The summed E-state index contributed by atoms with van der Waals surface area (Å²) >= 11 is 0. The van der Waals surface area contributed by atoms with Crippen molar-refractivity contribution < 1.29 is 0 Å². The molecule has 0 aliphatic carbocycles. The second kappa shape index (κ2) is 6.05. The Balaban J connectivity index is 2.00. The van der Waals surface area contributed by atoms with Crippen molar-refractivity contribution >= 4 is 18.4 Å². The minimum Gasteiger partial charge on any atom is -0.126 e. The Morgan fingerprint density at radius 3 is 1.64 bits per heavy atom. The van der Waals surface area contributed by atoms with Gasteiger partial charge >= 0.3 is 0 Å². The molecule has 1 heteroatoms. The van der Waals surface area contributed by atoms with Crippen LogP contribution >= 0.6 is 0 Å². The normalized spacial score (nSPS) is 13.1. The summed E-state index contributed by atoms with van der Waals surface area (Å²) in [5.74, 6) is 0. The van der Waals surface area contributed by atoms with E-state index in [4.69, 9.17) is 6.42 Å². The third-order valence-electron chi connectivity index (χ3n) is 4.21. The van der Waals surface area contributed by atoms with Crippen LogP contribution in [0.5, 0.6) is 0 Å². The Morgan fingerprint density at radius 1 is 0.636 bits per heavy atom. The molecule has 0 saturated heterocycles. The van der Waals surface area contributed by atoms with Crippen LogP contribution < -0.4 is 10.4 Å². The smallest absolute Gasteiger partial charge is 0.126 e. The zero-order valence-corrected chi connectivity index (χ0v) is 13.7. The molecule has 0 bridgehead atoms. The average molecular weight is 298 g/mol. The van der Waals surface area contributed by atoms with Gasteiger partial charge in [-0.3, -0.25) is 0 Å². The van der Waals surface area contributed by atoms with Crippen LogP contribution in [-0.2, 0) is 0 Å². The van der Waals surface area contributed by atoms with Gasteiger partial charge in [0.2, 0.25) is 0 Å². The first-order chi connectivity index (χ1) is 10.7. The van der Waals surface area contributed by atoms with E-state index in [-0.39, 0.29) is 0 Å². The van der Waals surface area contributed by atoms with E-state index in [0.717, 1.165) is 0 Å². The highest BCUT2D eigenvalue weighted by Crippen LogP contribution is 2.18. The number of hydrogen-bond donors (Lipinski definition) is 0. The molecule has 0 aromatic heterocycles. The molecule has 3 aromatic rings. The third kappa shape index (κ3) is 2.62. The number of hydrogen-bond acceptors (Lipinski definition) is 0. The molecule has 0 N–H and O–H groups in total. The van der Waals surface area contributed by atoms with Gasteiger partial charge in [0, 0.05) is 0 Å². The first-order valence-corrected chi connectivity index (χ1v) is 9.93. The van der Waals surface area contributed by atoms with E-state index in [0.29, 0.717) is 0 Å². The van der Waals surface area contributed by atoms with Gasteiger partial charge in [-0.25, -0.2) is 0 Å². The van der Waals surface area contributed by atoms with Gasteiger partial charge in [0.25, 0.3) is 0 Å². The van der Waals surface area contributed by atoms with E-state index < -0.39 is 8.07 Å². The molecule has 0 saturated carbocycles. The van der Waals surface area contributed by atoms with Gasteiger partial charge in [-0.05, 0) is 21.5 Å². The summed E-state index contributed by atoms with van der Waals surface area (Å²) in [6, 6.07) is 29.6. The predicted molar refractivity (Wildman–Crippen MR) is 98.0 cm³/mol. The highest BCUT2D eigenvalue weighted by Gasteiger charge is 2.29. The van der Waals surface area contributed by atoms with Crippen molar-refractivity contribution in [2.45, 2.75) is 6.55 Å². The maximum atomic E-state index is 5.93. The molecule has 0 aliphatic rings. The predicted octanol–water partition coefficient (Wildman–Crippen LogP) is 3.72. The Kier molecular flexibility index (Phi) is 3.95. The van der Waals surface area contributed by atoms with Gasteiger partial charge in [0.1, 0.15) is 0 Å². The number of benzene rings is 3. The Labute approximate surface area is 133 Å². The van der Waals surface area contributed by atoms with Crippen molar-refractivity contribution in [3.8, 4) is 23.1 Å². The molecule has 1 atom stereocenters. The third-order valence-corrected chi connectivity index (χ3v) is 7.76. The van der Waals surface area contributed by atoms with Gasteiger partial charge in [-0.2, -0.15) is 0 Å². The standard InChI is InChI=1S/C21H18Si/c1-3-22(2,20-12-8-5-9-13-20)21-16-14-19(15-17-21)18-10-6-4-7-11-18/h1,4-17H,2H3. The molecule has 0 amide bonds. The zero-order valence-electron chi connectivity index (χ0n) is 12.7. The fraction of sp³-hybridized carbons (Fsp3) is 0.0476. The molecule has 3 rings (SSSR count). The van der Waals surface area contributed by atoms with Gasteiger partial charge < -0.3 is 0 Å². The molecule has 3 aromatic carbocycles. The molecule has 0 radical (unpaired) electrons. The van der Waals surface area contributed by atoms with Crippen LogP contribution in [0.1, 0.15) is 0 Å². The lowest BCUT2D eigenvalue weighted by molar-refractivity contribution is 1.63. The second-order valence-corrected chi connectivity index (χ2v) is 9.27.